The molecule has 0 radical (unpaired) electrons. The predicted octanol–water partition coefficient (Wildman–Crippen LogP) is 2.76. The van der Waals surface area contributed by atoms with Crippen molar-refractivity contribution in [1.29, 1.82) is 0 Å². The topological polar surface area (TPSA) is 73.6 Å². The number of aliphatic hydroxyl groups excluding tert-OH is 1. The molecule has 1 aromatic heterocycles. The van der Waals surface area contributed by atoms with Gasteiger partial charge in [0.05, 0.1) is 18.3 Å². The average Bonchev–Trinajstić information content (AvgIpc) is 3.01. The molecule has 0 amide bonds. The first-order valence-electron chi connectivity index (χ1n) is 8.14. The van der Waals surface area contributed by atoms with Crippen molar-refractivity contribution in [2.75, 3.05) is 19.0 Å². The number of thioether (sulfide) groups is 1. The lowest BCUT2D eigenvalue weighted by molar-refractivity contribution is 0.0459. The Bertz CT molecular complexity index is 670. The van der Waals surface area contributed by atoms with Gasteiger partial charge in [-0.25, -0.2) is 9.78 Å². The quantitative estimate of drug-likeness (QED) is 0.545. The molecule has 1 N–H and O–H groups in total. The van der Waals surface area contributed by atoms with Gasteiger partial charge in [0.15, 0.2) is 5.16 Å². The summed E-state index contributed by atoms with van der Waals surface area (Å²) < 4.78 is 12.6. The summed E-state index contributed by atoms with van der Waals surface area (Å²) >= 11 is 1.47. The molecule has 0 saturated heterocycles. The molecule has 0 aliphatic carbocycles. The number of esters is 1. The van der Waals surface area contributed by atoms with Gasteiger partial charge in [0.1, 0.15) is 12.4 Å². The first-order chi connectivity index (χ1) is 12.0. The van der Waals surface area contributed by atoms with Crippen molar-refractivity contribution in [3.8, 4) is 5.75 Å². The second-order valence-corrected chi connectivity index (χ2v) is 7.10. The number of benzene rings is 1. The third kappa shape index (κ3) is 6.43. The summed E-state index contributed by atoms with van der Waals surface area (Å²) in [5.41, 5.74) is 0.485. The summed E-state index contributed by atoms with van der Waals surface area (Å²) in [6.07, 6.45) is 2.97. The molecule has 25 heavy (non-hydrogen) atoms. The van der Waals surface area contributed by atoms with Crippen LogP contribution < -0.4 is 4.74 Å². The van der Waals surface area contributed by atoms with Gasteiger partial charge in [-0.1, -0.05) is 25.6 Å². The van der Waals surface area contributed by atoms with E-state index in [1.54, 1.807) is 30.5 Å². The van der Waals surface area contributed by atoms with Gasteiger partial charge in [-0.2, -0.15) is 0 Å². The lowest BCUT2D eigenvalue weighted by atomic mass is 10.2. The number of aromatic nitrogens is 2. The predicted molar refractivity (Wildman–Crippen MR) is 97.0 cm³/mol. The molecule has 1 heterocycles. The Hall–Kier alpha value is -1.99. The minimum absolute atomic E-state index is 0.175. The van der Waals surface area contributed by atoms with E-state index in [0.717, 1.165) is 5.16 Å². The van der Waals surface area contributed by atoms with E-state index in [0.29, 0.717) is 29.6 Å². The van der Waals surface area contributed by atoms with Crippen LogP contribution in [0.15, 0.2) is 41.8 Å². The summed E-state index contributed by atoms with van der Waals surface area (Å²) in [5, 5.41) is 10.9. The van der Waals surface area contributed by atoms with Crippen molar-refractivity contribution in [1.82, 2.24) is 9.55 Å². The summed E-state index contributed by atoms with van der Waals surface area (Å²) in [7, 11) is 1.91. The summed E-state index contributed by atoms with van der Waals surface area (Å²) in [6, 6.07) is 6.72. The number of carbonyl (C=O) groups excluding carboxylic acids is 1. The fourth-order valence-corrected chi connectivity index (χ4v) is 2.75. The Labute approximate surface area is 152 Å². The highest BCUT2D eigenvalue weighted by Gasteiger charge is 2.10. The molecule has 2 aromatic rings. The third-order valence-corrected chi connectivity index (χ3v) is 4.46. The van der Waals surface area contributed by atoms with Crippen molar-refractivity contribution < 1.29 is 19.4 Å². The van der Waals surface area contributed by atoms with Crippen LogP contribution in [-0.4, -0.2) is 45.7 Å². The molecule has 1 aromatic carbocycles. The van der Waals surface area contributed by atoms with E-state index in [9.17, 15) is 9.90 Å². The molecule has 0 saturated carbocycles. The smallest absolute Gasteiger partial charge is 0.338 e. The molecule has 7 heteroatoms. The van der Waals surface area contributed by atoms with Gasteiger partial charge in [0, 0.05) is 25.2 Å². The molecule has 0 aliphatic rings. The number of aryl methyl sites for hydroxylation is 1. The maximum Gasteiger partial charge on any atom is 0.338 e. The second kappa shape index (κ2) is 9.48. The number of hydrogen-bond donors (Lipinski definition) is 1. The van der Waals surface area contributed by atoms with E-state index in [2.05, 4.69) is 4.98 Å². The lowest BCUT2D eigenvalue weighted by Crippen LogP contribution is -2.20. The highest BCUT2D eigenvalue weighted by Crippen LogP contribution is 2.17. The van der Waals surface area contributed by atoms with Crippen LogP contribution in [0.4, 0.5) is 0 Å². The zero-order valence-corrected chi connectivity index (χ0v) is 15.5. The van der Waals surface area contributed by atoms with Crippen molar-refractivity contribution in [3.63, 3.8) is 0 Å². The number of ether oxygens (including phenoxy) is 2. The van der Waals surface area contributed by atoms with Gasteiger partial charge in [0.25, 0.3) is 0 Å². The lowest BCUT2D eigenvalue weighted by Gasteiger charge is -2.12. The Kier molecular flexibility index (Phi) is 7.33. The van der Waals surface area contributed by atoms with Crippen LogP contribution in [0.2, 0.25) is 0 Å². The molecule has 0 fully saturated rings. The standard InChI is InChI=1S/C18H24N2O4S/c1-13(2)10-24-17(22)14-4-6-16(7-5-14)23-11-15(21)12-25-18-19-8-9-20(18)3/h4-9,13,15,21H,10-12H2,1-3H3. The van der Waals surface area contributed by atoms with Crippen LogP contribution in [0.5, 0.6) is 5.75 Å². The Balaban J connectivity index is 1.75. The molecule has 0 spiro atoms. The zero-order valence-electron chi connectivity index (χ0n) is 14.7. The van der Waals surface area contributed by atoms with Crippen LogP contribution in [0.25, 0.3) is 0 Å². The number of imidazole rings is 1. The maximum atomic E-state index is 11.8. The van der Waals surface area contributed by atoms with Gasteiger partial charge >= 0.3 is 5.97 Å². The van der Waals surface area contributed by atoms with E-state index >= 15 is 0 Å². The van der Waals surface area contributed by atoms with E-state index in [1.807, 2.05) is 31.7 Å². The Morgan fingerprint density at radius 2 is 2.00 bits per heavy atom. The molecule has 1 atom stereocenters. The first kappa shape index (κ1) is 19.3. The average molecular weight is 364 g/mol. The SMILES string of the molecule is CC(C)COC(=O)c1ccc(OCC(O)CSc2nccn2C)cc1. The molecular formula is C18H24N2O4S. The van der Waals surface area contributed by atoms with Gasteiger partial charge < -0.3 is 19.1 Å². The van der Waals surface area contributed by atoms with E-state index in [-0.39, 0.29) is 12.6 Å². The Morgan fingerprint density at radius 1 is 1.28 bits per heavy atom. The summed E-state index contributed by atoms with van der Waals surface area (Å²) in [4.78, 5) is 16.0. The summed E-state index contributed by atoms with van der Waals surface area (Å²) in [5.74, 6) is 1.05. The van der Waals surface area contributed by atoms with Crippen LogP contribution in [0.3, 0.4) is 0 Å². The second-order valence-electron chi connectivity index (χ2n) is 6.11. The van der Waals surface area contributed by atoms with Gasteiger partial charge in [0.2, 0.25) is 0 Å². The van der Waals surface area contributed by atoms with E-state index < -0.39 is 6.10 Å². The van der Waals surface area contributed by atoms with Crippen LogP contribution in [-0.2, 0) is 11.8 Å². The number of aliphatic hydroxyl groups is 1. The zero-order chi connectivity index (χ0) is 18.2. The van der Waals surface area contributed by atoms with Crippen LogP contribution >= 0.6 is 11.8 Å². The fourth-order valence-electron chi connectivity index (χ4n) is 1.92. The molecule has 0 bridgehead atoms. The number of nitrogens with zero attached hydrogens (tertiary/aromatic N) is 2. The number of carbonyl (C=O) groups is 1. The van der Waals surface area contributed by atoms with Gasteiger partial charge in [-0.05, 0) is 30.2 Å². The molecule has 2 rings (SSSR count). The molecule has 0 aliphatic heterocycles. The normalized spacial score (nSPS) is 12.2. The van der Waals surface area contributed by atoms with Crippen molar-refractivity contribution >= 4 is 17.7 Å². The monoisotopic (exact) mass is 364 g/mol. The summed E-state index contributed by atoms with van der Waals surface area (Å²) in [6.45, 7) is 4.55. The van der Waals surface area contributed by atoms with Crippen molar-refractivity contribution in [2.24, 2.45) is 13.0 Å². The minimum atomic E-state index is -0.614. The number of rotatable bonds is 9. The van der Waals surface area contributed by atoms with Gasteiger partial charge in [-0.15, -0.1) is 0 Å². The third-order valence-electron chi connectivity index (χ3n) is 3.26. The molecule has 6 nitrogen and oxygen atoms in total. The van der Waals surface area contributed by atoms with E-state index in [4.69, 9.17) is 9.47 Å². The largest absolute Gasteiger partial charge is 0.491 e. The van der Waals surface area contributed by atoms with Gasteiger partial charge in [-0.3, -0.25) is 0 Å². The minimum Gasteiger partial charge on any atom is -0.491 e. The highest BCUT2D eigenvalue weighted by atomic mass is 32.2. The maximum absolute atomic E-state index is 11.8. The molecular weight excluding hydrogens is 340 g/mol. The van der Waals surface area contributed by atoms with Crippen molar-refractivity contribution in [2.45, 2.75) is 25.1 Å². The van der Waals surface area contributed by atoms with Crippen LogP contribution in [0.1, 0.15) is 24.2 Å². The highest BCUT2D eigenvalue weighted by molar-refractivity contribution is 7.99. The molecule has 136 valence electrons. The van der Waals surface area contributed by atoms with E-state index in [1.165, 1.54) is 11.8 Å². The Morgan fingerprint density at radius 3 is 2.60 bits per heavy atom. The molecule has 1 unspecified atom stereocenters. The number of hydrogen-bond acceptors (Lipinski definition) is 6. The van der Waals surface area contributed by atoms with Crippen LogP contribution in [0, 0.1) is 5.92 Å². The fraction of sp³-hybridized carbons (Fsp3) is 0.444. The first-order valence-corrected chi connectivity index (χ1v) is 9.12. The van der Waals surface area contributed by atoms with Crippen molar-refractivity contribution in [3.05, 3.63) is 42.2 Å².